The van der Waals surface area contributed by atoms with Crippen LogP contribution in [-0.2, 0) is 4.74 Å². The Morgan fingerprint density at radius 2 is 2.50 bits per heavy atom. The highest BCUT2D eigenvalue weighted by molar-refractivity contribution is 9.11. The highest BCUT2D eigenvalue weighted by Gasteiger charge is 2.34. The molecule has 1 aliphatic rings. The zero-order valence-corrected chi connectivity index (χ0v) is 12.0. The molecule has 2 nitrogen and oxygen atoms in total. The van der Waals surface area contributed by atoms with Crippen LogP contribution >= 0.6 is 38.9 Å². The molecule has 0 aliphatic carbocycles. The fourth-order valence-corrected chi connectivity index (χ4v) is 3.71. The van der Waals surface area contributed by atoms with Crippen LogP contribution in [0.25, 0.3) is 0 Å². The van der Waals surface area contributed by atoms with Crippen molar-refractivity contribution in [2.75, 3.05) is 6.61 Å². The highest BCUT2D eigenvalue weighted by Crippen LogP contribution is 2.35. The average molecular weight is 324 g/mol. The molecule has 1 aliphatic heterocycles. The summed E-state index contributed by atoms with van der Waals surface area (Å²) in [6.07, 6.45) is 1.79. The van der Waals surface area contributed by atoms with Crippen molar-refractivity contribution in [2.45, 2.75) is 25.9 Å². The van der Waals surface area contributed by atoms with Crippen LogP contribution in [0.15, 0.2) is 9.85 Å². The first-order valence-electron chi connectivity index (χ1n) is 5.24. The maximum absolute atomic E-state index is 12.2. The number of carbonyl (C=O) groups excluding carboxylic acids is 1. The third-order valence-electron chi connectivity index (χ3n) is 2.84. The van der Waals surface area contributed by atoms with Crippen LogP contribution in [0.4, 0.5) is 0 Å². The number of ether oxygens (including phenoxy) is 1. The van der Waals surface area contributed by atoms with E-state index in [0.717, 1.165) is 21.5 Å². The summed E-state index contributed by atoms with van der Waals surface area (Å²) in [5.74, 6) is 0.175. The van der Waals surface area contributed by atoms with Gasteiger partial charge in [0.05, 0.1) is 25.7 Å². The first-order chi connectivity index (χ1) is 7.63. The normalized spacial score (nSPS) is 24.9. The summed E-state index contributed by atoms with van der Waals surface area (Å²) in [6, 6.07) is 1.74. The molecule has 1 saturated heterocycles. The summed E-state index contributed by atoms with van der Waals surface area (Å²) in [7, 11) is 0. The van der Waals surface area contributed by atoms with Gasteiger partial charge in [-0.15, -0.1) is 11.3 Å². The van der Waals surface area contributed by atoms with Crippen molar-refractivity contribution >= 4 is 44.7 Å². The Bertz CT molecular complexity index is 385. The van der Waals surface area contributed by atoms with Crippen molar-refractivity contribution in [1.82, 2.24) is 0 Å². The third kappa shape index (κ3) is 2.35. The molecule has 16 heavy (non-hydrogen) atoms. The summed E-state index contributed by atoms with van der Waals surface area (Å²) < 4.78 is 6.36. The van der Waals surface area contributed by atoms with Crippen molar-refractivity contribution in [2.24, 2.45) is 5.92 Å². The van der Waals surface area contributed by atoms with Crippen LogP contribution in [0.1, 0.15) is 29.4 Å². The maximum atomic E-state index is 12.2. The fraction of sp³-hybridized carbons (Fsp3) is 0.545. The second-order valence-electron chi connectivity index (χ2n) is 3.81. The molecule has 0 aromatic carbocycles. The zero-order valence-electron chi connectivity index (χ0n) is 8.83. The molecule has 0 bridgehead atoms. The Morgan fingerprint density at radius 3 is 3.06 bits per heavy atom. The van der Waals surface area contributed by atoms with E-state index >= 15 is 0 Å². The molecule has 0 spiro atoms. The largest absolute Gasteiger partial charge is 0.377 e. The quantitative estimate of drug-likeness (QED) is 0.781. The standard InChI is InChI=1S/C11H12BrClO2S/c1-2-8-6(3-4-15-8)10(14)9-5-7(13)11(12)16-9/h5-6,8H,2-4H2,1H3. The minimum Gasteiger partial charge on any atom is -0.377 e. The number of hydrogen-bond acceptors (Lipinski definition) is 3. The summed E-state index contributed by atoms with van der Waals surface area (Å²) in [6.45, 7) is 2.74. The molecule has 2 rings (SSSR count). The van der Waals surface area contributed by atoms with Gasteiger partial charge in [-0.25, -0.2) is 0 Å². The molecule has 5 heteroatoms. The van der Waals surface area contributed by atoms with E-state index in [-0.39, 0.29) is 17.8 Å². The molecule has 1 aromatic heterocycles. The van der Waals surface area contributed by atoms with Crippen molar-refractivity contribution in [3.8, 4) is 0 Å². The van der Waals surface area contributed by atoms with Gasteiger partial charge in [0.15, 0.2) is 5.78 Å². The smallest absolute Gasteiger partial charge is 0.178 e. The van der Waals surface area contributed by atoms with E-state index in [0.29, 0.717) is 11.6 Å². The average Bonchev–Trinajstić information content (AvgIpc) is 2.85. The Hall–Kier alpha value is 0.1000. The lowest BCUT2D eigenvalue weighted by Gasteiger charge is -2.14. The first-order valence-corrected chi connectivity index (χ1v) is 7.23. The van der Waals surface area contributed by atoms with E-state index in [9.17, 15) is 4.79 Å². The van der Waals surface area contributed by atoms with Gasteiger partial charge in [-0.2, -0.15) is 0 Å². The number of hydrogen-bond donors (Lipinski definition) is 0. The number of rotatable bonds is 3. The fourth-order valence-electron chi connectivity index (χ4n) is 2.00. The number of thiophene rings is 1. The van der Waals surface area contributed by atoms with Gasteiger partial charge in [-0.3, -0.25) is 4.79 Å². The van der Waals surface area contributed by atoms with E-state index in [1.807, 2.05) is 6.92 Å². The van der Waals surface area contributed by atoms with Gasteiger partial charge in [0.25, 0.3) is 0 Å². The highest BCUT2D eigenvalue weighted by atomic mass is 79.9. The van der Waals surface area contributed by atoms with Crippen molar-refractivity contribution in [3.05, 3.63) is 19.8 Å². The maximum Gasteiger partial charge on any atom is 0.178 e. The molecule has 2 atom stereocenters. The van der Waals surface area contributed by atoms with Crippen LogP contribution in [0.5, 0.6) is 0 Å². The Kier molecular flexibility index (Phi) is 4.06. The van der Waals surface area contributed by atoms with Crippen molar-refractivity contribution < 1.29 is 9.53 Å². The van der Waals surface area contributed by atoms with Crippen LogP contribution in [0.3, 0.4) is 0 Å². The summed E-state index contributed by atoms with van der Waals surface area (Å²) in [5, 5.41) is 0.611. The Morgan fingerprint density at radius 1 is 1.75 bits per heavy atom. The second kappa shape index (κ2) is 5.17. The Labute approximate surface area is 112 Å². The van der Waals surface area contributed by atoms with E-state index < -0.39 is 0 Å². The van der Waals surface area contributed by atoms with Gasteiger partial charge in [0, 0.05) is 6.61 Å². The van der Waals surface area contributed by atoms with E-state index in [1.165, 1.54) is 11.3 Å². The molecule has 2 heterocycles. The molecule has 0 radical (unpaired) electrons. The lowest BCUT2D eigenvalue weighted by Crippen LogP contribution is -2.23. The number of carbonyl (C=O) groups is 1. The molecule has 0 amide bonds. The monoisotopic (exact) mass is 322 g/mol. The molecule has 88 valence electrons. The van der Waals surface area contributed by atoms with Gasteiger partial charge in [-0.1, -0.05) is 18.5 Å². The molecular weight excluding hydrogens is 312 g/mol. The van der Waals surface area contributed by atoms with Crippen LogP contribution in [0, 0.1) is 5.92 Å². The number of ketones is 1. The lowest BCUT2D eigenvalue weighted by atomic mass is 9.94. The van der Waals surface area contributed by atoms with Gasteiger partial charge >= 0.3 is 0 Å². The summed E-state index contributed by atoms with van der Waals surface area (Å²) in [4.78, 5) is 13.0. The first kappa shape index (κ1) is 12.6. The van der Waals surface area contributed by atoms with Gasteiger partial charge in [-0.05, 0) is 34.8 Å². The minimum absolute atomic E-state index is 0.00613. The molecule has 1 aromatic rings. The molecule has 0 N–H and O–H groups in total. The van der Waals surface area contributed by atoms with Crippen molar-refractivity contribution in [1.29, 1.82) is 0 Å². The number of halogens is 2. The van der Waals surface area contributed by atoms with Crippen molar-refractivity contribution in [3.63, 3.8) is 0 Å². The van der Waals surface area contributed by atoms with E-state index in [2.05, 4.69) is 15.9 Å². The van der Waals surface area contributed by atoms with Gasteiger partial charge < -0.3 is 4.74 Å². The summed E-state index contributed by atoms with van der Waals surface area (Å²) >= 11 is 10.7. The van der Waals surface area contributed by atoms with Gasteiger partial charge in [0.1, 0.15) is 0 Å². The zero-order chi connectivity index (χ0) is 11.7. The third-order valence-corrected chi connectivity index (χ3v) is 5.33. The van der Waals surface area contributed by atoms with Gasteiger partial charge in [0.2, 0.25) is 0 Å². The Balaban J connectivity index is 2.18. The second-order valence-corrected chi connectivity index (χ2v) is 6.59. The summed E-state index contributed by atoms with van der Waals surface area (Å²) in [5.41, 5.74) is 0. The van der Waals surface area contributed by atoms with E-state index in [4.69, 9.17) is 16.3 Å². The van der Waals surface area contributed by atoms with E-state index in [1.54, 1.807) is 6.07 Å². The van der Waals surface area contributed by atoms with Crippen LogP contribution in [0.2, 0.25) is 5.02 Å². The molecular formula is C11H12BrClO2S. The number of Topliss-reactive ketones (excluding diaryl/α,β-unsaturated/α-hetero) is 1. The SMILES string of the molecule is CCC1OCCC1C(=O)c1cc(Cl)c(Br)s1. The predicted molar refractivity (Wildman–Crippen MR) is 69.5 cm³/mol. The van der Waals surface area contributed by atoms with Crippen LogP contribution < -0.4 is 0 Å². The molecule has 1 fully saturated rings. The minimum atomic E-state index is 0.00613. The topological polar surface area (TPSA) is 26.3 Å². The molecule has 0 saturated carbocycles. The molecule has 2 unspecified atom stereocenters. The van der Waals surface area contributed by atoms with Crippen LogP contribution in [-0.4, -0.2) is 18.5 Å². The lowest BCUT2D eigenvalue weighted by molar-refractivity contribution is 0.0692. The predicted octanol–water partition coefficient (Wildman–Crippen LogP) is 4.16.